The molecule has 0 radical (unpaired) electrons. The molecule has 146 valence electrons. The van der Waals surface area contributed by atoms with Gasteiger partial charge in [-0.2, -0.15) is 0 Å². The first-order valence-corrected chi connectivity index (χ1v) is 11.7. The Morgan fingerprint density at radius 1 is 1.12 bits per heavy atom. The molecule has 0 spiro atoms. The van der Waals surface area contributed by atoms with Crippen molar-refractivity contribution >= 4 is 20.9 Å². The number of hydrogen-bond donors (Lipinski definition) is 0. The Kier molecular flexibility index (Phi) is 9.75. The third-order valence-electron chi connectivity index (χ3n) is 3.73. The summed E-state index contributed by atoms with van der Waals surface area (Å²) >= 11 is 0. The lowest BCUT2D eigenvalue weighted by Gasteiger charge is -2.05. The molecule has 2 aromatic rings. The van der Waals surface area contributed by atoms with Gasteiger partial charge < -0.3 is 4.55 Å². The number of aromatic nitrogens is 2. The van der Waals surface area contributed by atoms with Gasteiger partial charge in [0.2, 0.25) is 6.33 Å². The van der Waals surface area contributed by atoms with Crippen LogP contribution in [0.5, 0.6) is 0 Å². The predicted molar refractivity (Wildman–Crippen MR) is 102 cm³/mol. The molecule has 0 fully saturated rings. The molecule has 1 aromatic heterocycles. The topological polar surface area (TPSA) is 83.1 Å². The van der Waals surface area contributed by atoms with Gasteiger partial charge in [0.15, 0.2) is 0 Å². The number of imidazole rings is 1. The maximum atomic E-state index is 10.8. The van der Waals surface area contributed by atoms with Gasteiger partial charge in [0.25, 0.3) is 0 Å². The normalized spacial score (nSPS) is 12.3. The minimum absolute atomic E-state index is 0.178. The molecule has 0 saturated heterocycles. The summed E-state index contributed by atoms with van der Waals surface area (Å²) in [6.07, 6.45) is 12.8. The van der Waals surface area contributed by atoms with Crippen molar-refractivity contribution in [3.8, 4) is 0 Å². The summed E-state index contributed by atoms with van der Waals surface area (Å²) in [5, 5.41) is 0. The fraction of sp³-hybridized carbons (Fsp3) is 0.500. The first kappa shape index (κ1) is 22.5. The van der Waals surface area contributed by atoms with Gasteiger partial charge in [0.1, 0.15) is 22.5 Å². The van der Waals surface area contributed by atoms with E-state index in [9.17, 15) is 17.2 Å². The number of benzene rings is 1. The van der Waals surface area contributed by atoms with E-state index in [-0.39, 0.29) is 4.90 Å². The average Bonchev–Trinajstić information content (AvgIpc) is 2.96. The fourth-order valence-corrected chi connectivity index (χ4v) is 3.37. The minimum atomic E-state index is -4.27. The number of unbranched alkanes of at least 4 members (excludes halogenated alkanes) is 3. The molecule has 0 aliphatic heterocycles. The first-order chi connectivity index (χ1) is 12.2. The van der Waals surface area contributed by atoms with Crippen LogP contribution in [0, 0.1) is 6.92 Å². The second kappa shape index (κ2) is 11.3. The fourth-order valence-electron chi connectivity index (χ4n) is 2.29. The van der Waals surface area contributed by atoms with Crippen molar-refractivity contribution in [3.63, 3.8) is 0 Å². The second-order valence-electron chi connectivity index (χ2n) is 6.28. The number of aryl methyl sites for hydroxylation is 3. The molecule has 2 rings (SSSR count). The highest BCUT2D eigenvalue weighted by Crippen LogP contribution is 2.08. The lowest BCUT2D eigenvalue weighted by atomic mass is 10.2. The zero-order valence-electron chi connectivity index (χ0n) is 15.6. The molecular formula is C18H28N2O4S2. The van der Waals surface area contributed by atoms with Crippen molar-refractivity contribution < 1.29 is 21.7 Å². The number of hydrogen-bond acceptors (Lipinski definition) is 4. The van der Waals surface area contributed by atoms with E-state index in [2.05, 4.69) is 27.9 Å². The summed E-state index contributed by atoms with van der Waals surface area (Å²) in [6.45, 7) is 2.91. The van der Waals surface area contributed by atoms with E-state index in [0.717, 1.165) is 24.3 Å². The third-order valence-corrected chi connectivity index (χ3v) is 5.44. The van der Waals surface area contributed by atoms with Gasteiger partial charge in [-0.3, -0.25) is 4.21 Å². The van der Waals surface area contributed by atoms with Crippen LogP contribution in [0.4, 0.5) is 0 Å². The zero-order valence-corrected chi connectivity index (χ0v) is 17.3. The molecule has 26 heavy (non-hydrogen) atoms. The lowest BCUT2D eigenvalue weighted by Crippen LogP contribution is -2.23. The summed E-state index contributed by atoms with van der Waals surface area (Å²) in [5.74, 6) is 0.860. The predicted octanol–water partition coefficient (Wildman–Crippen LogP) is 2.15. The summed E-state index contributed by atoms with van der Waals surface area (Å²) in [4.78, 5) is -0.178. The van der Waals surface area contributed by atoms with Crippen molar-refractivity contribution in [3.05, 3.63) is 48.5 Å². The van der Waals surface area contributed by atoms with Crippen molar-refractivity contribution in [1.29, 1.82) is 0 Å². The molecule has 8 heteroatoms. The maximum absolute atomic E-state index is 10.8. The summed E-state index contributed by atoms with van der Waals surface area (Å²) in [7, 11) is -2.85. The Morgan fingerprint density at radius 3 is 2.23 bits per heavy atom. The van der Waals surface area contributed by atoms with Gasteiger partial charge in [-0.05, 0) is 38.3 Å². The molecule has 0 bridgehead atoms. The maximum Gasteiger partial charge on any atom is 0.243 e. The summed E-state index contributed by atoms with van der Waals surface area (Å²) in [5.41, 5.74) is 0.928. The molecule has 0 amide bonds. The van der Waals surface area contributed by atoms with E-state index >= 15 is 0 Å². The standard InChI is InChI=1S/C11H21N2OS.C7H8O3S/c1-12-8-9-13(11-12)7-5-3-4-6-10-15(2)14;1-6-2-4-7(5-3-6)11(8,9)10/h8-9,11H,3-7,10H2,1-2H3;2-5H,1H3,(H,8,9,10)/q+1;/p-1. The molecule has 1 unspecified atom stereocenters. The Labute approximate surface area is 159 Å². The van der Waals surface area contributed by atoms with Crippen LogP contribution in [-0.4, -0.2) is 33.8 Å². The Morgan fingerprint density at radius 2 is 1.73 bits per heavy atom. The average molecular weight is 401 g/mol. The van der Waals surface area contributed by atoms with E-state index in [0.29, 0.717) is 0 Å². The van der Waals surface area contributed by atoms with Crippen molar-refractivity contribution in [1.82, 2.24) is 4.57 Å². The molecule has 0 saturated carbocycles. The SMILES string of the molecule is C[n+]1ccn(CCCCCCS(C)=O)c1.Cc1ccc(S(=O)(=O)[O-])cc1. The van der Waals surface area contributed by atoms with Gasteiger partial charge in [-0.1, -0.05) is 24.1 Å². The number of nitrogens with zero attached hydrogens (tertiary/aromatic N) is 2. The van der Waals surface area contributed by atoms with Crippen LogP contribution in [-0.2, 0) is 34.5 Å². The molecule has 0 aliphatic carbocycles. The zero-order chi connectivity index (χ0) is 19.6. The van der Waals surface area contributed by atoms with Gasteiger partial charge in [0.05, 0.1) is 18.5 Å². The number of rotatable bonds is 8. The van der Waals surface area contributed by atoms with E-state index in [4.69, 9.17) is 0 Å². The molecule has 6 nitrogen and oxygen atoms in total. The minimum Gasteiger partial charge on any atom is -0.744 e. The van der Waals surface area contributed by atoms with Crippen molar-refractivity contribution in [2.75, 3.05) is 12.0 Å². The van der Waals surface area contributed by atoms with Gasteiger partial charge in [-0.15, -0.1) is 0 Å². The molecule has 0 N–H and O–H groups in total. The van der Waals surface area contributed by atoms with Gasteiger partial charge in [-0.25, -0.2) is 17.6 Å². The van der Waals surface area contributed by atoms with Crippen LogP contribution < -0.4 is 4.57 Å². The van der Waals surface area contributed by atoms with Crippen LogP contribution >= 0.6 is 0 Å². The molecule has 0 aliphatic rings. The highest BCUT2D eigenvalue weighted by Gasteiger charge is 1.99. The van der Waals surface area contributed by atoms with Gasteiger partial charge in [0, 0.05) is 22.8 Å². The van der Waals surface area contributed by atoms with E-state index in [1.165, 1.54) is 31.4 Å². The van der Waals surface area contributed by atoms with Crippen LogP contribution in [0.3, 0.4) is 0 Å². The van der Waals surface area contributed by atoms with E-state index in [1.54, 1.807) is 18.4 Å². The first-order valence-electron chi connectivity index (χ1n) is 8.52. The molecule has 1 heterocycles. The smallest absolute Gasteiger partial charge is 0.243 e. The van der Waals surface area contributed by atoms with Crippen molar-refractivity contribution in [2.24, 2.45) is 7.05 Å². The summed E-state index contributed by atoms with van der Waals surface area (Å²) < 4.78 is 46.2. The summed E-state index contributed by atoms with van der Waals surface area (Å²) in [6, 6.07) is 5.78. The Bertz CT molecular complexity index is 784. The van der Waals surface area contributed by atoms with Crippen LogP contribution in [0.15, 0.2) is 47.9 Å². The highest BCUT2D eigenvalue weighted by molar-refractivity contribution is 7.85. The van der Waals surface area contributed by atoms with E-state index in [1.807, 2.05) is 14.0 Å². The highest BCUT2D eigenvalue weighted by atomic mass is 32.2. The second-order valence-corrected chi connectivity index (χ2v) is 9.21. The Balaban J connectivity index is 0.000000273. The van der Waals surface area contributed by atoms with Gasteiger partial charge >= 0.3 is 0 Å². The quantitative estimate of drug-likeness (QED) is 0.386. The molecular weight excluding hydrogens is 372 g/mol. The molecule has 1 aromatic carbocycles. The molecule has 1 atom stereocenters. The van der Waals surface area contributed by atoms with Crippen molar-refractivity contribution in [2.45, 2.75) is 44.0 Å². The largest absolute Gasteiger partial charge is 0.744 e. The Hall–Kier alpha value is -1.51. The van der Waals surface area contributed by atoms with E-state index < -0.39 is 20.9 Å². The van der Waals surface area contributed by atoms with Crippen LogP contribution in [0.25, 0.3) is 0 Å². The monoisotopic (exact) mass is 400 g/mol. The van der Waals surface area contributed by atoms with Crippen LogP contribution in [0.2, 0.25) is 0 Å². The third kappa shape index (κ3) is 9.84. The van der Waals surface area contributed by atoms with Crippen LogP contribution in [0.1, 0.15) is 31.2 Å². The lowest BCUT2D eigenvalue weighted by molar-refractivity contribution is -0.671.